The van der Waals surface area contributed by atoms with Crippen molar-refractivity contribution in [2.24, 2.45) is 0 Å². The second-order valence-corrected chi connectivity index (χ2v) is 4.80. The van der Waals surface area contributed by atoms with Gasteiger partial charge in [0.2, 0.25) is 0 Å². The summed E-state index contributed by atoms with van der Waals surface area (Å²) in [7, 11) is 1.63. The first-order chi connectivity index (χ1) is 10.2. The van der Waals surface area contributed by atoms with Crippen LogP contribution in [0.2, 0.25) is 0 Å². The van der Waals surface area contributed by atoms with Gasteiger partial charge in [0.25, 0.3) is 0 Å². The number of aromatic nitrogens is 1. The fraction of sp³-hybridized carbons (Fsp3) is 0.118. The molecule has 0 aliphatic rings. The Labute approximate surface area is 122 Å². The first-order valence-corrected chi connectivity index (χ1v) is 6.64. The lowest BCUT2D eigenvalue weighted by Crippen LogP contribution is -2.05. The van der Waals surface area contributed by atoms with E-state index in [9.17, 15) is 9.90 Å². The second-order valence-electron chi connectivity index (χ2n) is 4.80. The molecular formula is C17H15NO3. The number of benzene rings is 2. The summed E-state index contributed by atoms with van der Waals surface area (Å²) in [5.74, 6) is -0.118. The average Bonchev–Trinajstić information content (AvgIpc) is 2.91. The molecule has 0 fully saturated rings. The number of hydrogen-bond donors (Lipinski definition) is 1. The van der Waals surface area contributed by atoms with E-state index in [4.69, 9.17) is 4.74 Å². The maximum Gasteiger partial charge on any atom is 0.337 e. The van der Waals surface area contributed by atoms with Crippen LogP contribution in [0.1, 0.15) is 15.9 Å². The molecule has 0 saturated heterocycles. The summed E-state index contributed by atoms with van der Waals surface area (Å²) in [6.07, 6.45) is 1.91. The number of ether oxygens (including phenoxy) is 1. The Balaban J connectivity index is 2.11. The first kappa shape index (κ1) is 13.2. The maximum atomic E-state index is 11.4. The minimum atomic E-state index is -0.916. The van der Waals surface area contributed by atoms with E-state index >= 15 is 0 Å². The molecule has 3 rings (SSSR count). The maximum absolute atomic E-state index is 11.4. The van der Waals surface area contributed by atoms with E-state index in [1.165, 1.54) is 0 Å². The third-order valence-corrected chi connectivity index (χ3v) is 3.55. The van der Waals surface area contributed by atoms with Crippen molar-refractivity contribution in [3.8, 4) is 5.75 Å². The van der Waals surface area contributed by atoms with Crippen LogP contribution in [-0.2, 0) is 6.54 Å². The molecule has 106 valence electrons. The molecule has 4 heteroatoms. The predicted molar refractivity (Wildman–Crippen MR) is 81.0 cm³/mol. The van der Waals surface area contributed by atoms with Crippen molar-refractivity contribution in [3.63, 3.8) is 0 Å². The molecule has 0 unspecified atom stereocenters. The Morgan fingerprint density at radius 1 is 1.14 bits per heavy atom. The van der Waals surface area contributed by atoms with Crippen LogP contribution in [-0.4, -0.2) is 22.8 Å². The van der Waals surface area contributed by atoms with Crippen molar-refractivity contribution in [1.29, 1.82) is 0 Å². The van der Waals surface area contributed by atoms with Gasteiger partial charge in [0.1, 0.15) is 5.75 Å². The van der Waals surface area contributed by atoms with Crippen molar-refractivity contribution in [3.05, 3.63) is 65.9 Å². The molecule has 0 saturated carbocycles. The normalized spacial score (nSPS) is 10.7. The van der Waals surface area contributed by atoms with Crippen LogP contribution in [0.4, 0.5) is 0 Å². The Kier molecular flexibility index (Phi) is 3.36. The molecule has 21 heavy (non-hydrogen) atoms. The lowest BCUT2D eigenvalue weighted by atomic mass is 10.1. The molecule has 1 aromatic heterocycles. The largest absolute Gasteiger partial charge is 0.496 e. The van der Waals surface area contributed by atoms with Crippen LogP contribution in [0.5, 0.6) is 5.75 Å². The lowest BCUT2D eigenvalue weighted by Gasteiger charge is -2.11. The Hall–Kier alpha value is -2.75. The number of hydrogen-bond acceptors (Lipinski definition) is 2. The Morgan fingerprint density at radius 2 is 1.95 bits per heavy atom. The minimum absolute atomic E-state index is 0.312. The predicted octanol–water partition coefficient (Wildman–Crippen LogP) is 3.40. The number of fused-ring (bicyclic) bond motifs is 1. The van der Waals surface area contributed by atoms with Crippen LogP contribution in [0.25, 0.3) is 10.9 Å². The van der Waals surface area contributed by atoms with E-state index in [0.717, 1.165) is 22.2 Å². The highest BCUT2D eigenvalue weighted by atomic mass is 16.5. The van der Waals surface area contributed by atoms with Crippen LogP contribution in [0.15, 0.2) is 54.7 Å². The lowest BCUT2D eigenvalue weighted by molar-refractivity contribution is 0.0698. The third-order valence-electron chi connectivity index (χ3n) is 3.55. The zero-order valence-corrected chi connectivity index (χ0v) is 11.6. The Bertz CT molecular complexity index is 805. The summed E-state index contributed by atoms with van der Waals surface area (Å²) in [4.78, 5) is 11.4. The first-order valence-electron chi connectivity index (χ1n) is 6.64. The summed E-state index contributed by atoms with van der Waals surface area (Å²) in [6, 6.07) is 15.0. The highest BCUT2D eigenvalue weighted by molar-refractivity contribution is 6.02. The van der Waals surface area contributed by atoms with Gasteiger partial charge < -0.3 is 14.4 Å². The van der Waals surface area contributed by atoms with Gasteiger partial charge in [0, 0.05) is 17.1 Å². The number of rotatable bonds is 4. The quantitative estimate of drug-likeness (QED) is 0.797. The molecule has 1 heterocycles. The zero-order valence-electron chi connectivity index (χ0n) is 11.6. The summed E-state index contributed by atoms with van der Waals surface area (Å²) in [6.45, 7) is 0.567. The number of methoxy groups -OCH3 is 1. The van der Waals surface area contributed by atoms with Gasteiger partial charge in [-0.25, -0.2) is 4.79 Å². The molecule has 0 amide bonds. The number of carbonyl (C=O) groups is 1. The van der Waals surface area contributed by atoms with Crippen LogP contribution in [0.3, 0.4) is 0 Å². The molecule has 0 bridgehead atoms. The molecule has 0 aliphatic heterocycles. The van der Waals surface area contributed by atoms with Crippen LogP contribution >= 0.6 is 0 Å². The SMILES string of the molecule is COc1ccccc1Cn1ccc2cccc(C(=O)O)c21. The van der Waals surface area contributed by atoms with Crippen molar-refractivity contribution in [1.82, 2.24) is 4.57 Å². The fourth-order valence-corrected chi connectivity index (χ4v) is 2.58. The third kappa shape index (κ3) is 2.36. The van der Waals surface area contributed by atoms with Crippen molar-refractivity contribution < 1.29 is 14.6 Å². The van der Waals surface area contributed by atoms with Gasteiger partial charge in [-0.15, -0.1) is 0 Å². The average molecular weight is 281 g/mol. The van der Waals surface area contributed by atoms with Crippen molar-refractivity contribution in [2.75, 3.05) is 7.11 Å². The highest BCUT2D eigenvalue weighted by Gasteiger charge is 2.13. The zero-order chi connectivity index (χ0) is 14.8. The Morgan fingerprint density at radius 3 is 2.71 bits per heavy atom. The van der Waals surface area contributed by atoms with E-state index in [1.807, 2.05) is 47.2 Å². The molecule has 0 aliphatic carbocycles. The number of carboxylic acids is 1. The van der Waals surface area contributed by atoms with Crippen LogP contribution in [0, 0.1) is 0 Å². The molecule has 0 spiro atoms. The van der Waals surface area contributed by atoms with Gasteiger partial charge in [-0.2, -0.15) is 0 Å². The topological polar surface area (TPSA) is 51.5 Å². The van der Waals surface area contributed by atoms with Gasteiger partial charge in [0.05, 0.1) is 24.7 Å². The number of carboxylic acid groups (broad SMARTS) is 1. The minimum Gasteiger partial charge on any atom is -0.496 e. The van der Waals surface area contributed by atoms with Crippen LogP contribution < -0.4 is 4.74 Å². The molecule has 3 aromatic rings. The van der Waals surface area contributed by atoms with E-state index in [2.05, 4.69) is 0 Å². The number of aromatic carboxylic acids is 1. The van der Waals surface area contributed by atoms with E-state index in [0.29, 0.717) is 12.1 Å². The van der Waals surface area contributed by atoms with E-state index in [1.54, 1.807) is 19.2 Å². The molecule has 2 aromatic carbocycles. The summed E-state index contributed by atoms with van der Waals surface area (Å²) >= 11 is 0. The summed E-state index contributed by atoms with van der Waals surface area (Å²) in [5.41, 5.74) is 2.06. The highest BCUT2D eigenvalue weighted by Crippen LogP contribution is 2.24. The number of para-hydroxylation sites is 2. The van der Waals surface area contributed by atoms with Crippen molar-refractivity contribution >= 4 is 16.9 Å². The molecule has 0 radical (unpaired) electrons. The van der Waals surface area contributed by atoms with Crippen molar-refractivity contribution in [2.45, 2.75) is 6.54 Å². The standard InChI is InChI=1S/C17H15NO3/c1-21-15-8-3-2-5-13(15)11-18-10-9-12-6-4-7-14(16(12)18)17(19)20/h2-10H,11H2,1H3,(H,19,20). The molecule has 4 nitrogen and oxygen atoms in total. The smallest absolute Gasteiger partial charge is 0.337 e. The second kappa shape index (κ2) is 5.32. The summed E-state index contributed by atoms with van der Waals surface area (Å²) in [5, 5.41) is 10.3. The number of nitrogens with zero attached hydrogens (tertiary/aromatic N) is 1. The van der Waals surface area contributed by atoms with Gasteiger partial charge >= 0.3 is 5.97 Å². The summed E-state index contributed by atoms with van der Waals surface area (Å²) < 4.78 is 7.30. The molecule has 1 N–H and O–H groups in total. The van der Waals surface area contributed by atoms with Gasteiger partial charge in [-0.05, 0) is 18.2 Å². The van der Waals surface area contributed by atoms with Gasteiger partial charge in [0.15, 0.2) is 0 Å². The van der Waals surface area contributed by atoms with E-state index in [-0.39, 0.29) is 0 Å². The van der Waals surface area contributed by atoms with E-state index < -0.39 is 5.97 Å². The van der Waals surface area contributed by atoms with Gasteiger partial charge in [-0.1, -0.05) is 30.3 Å². The van der Waals surface area contributed by atoms with Gasteiger partial charge in [-0.3, -0.25) is 0 Å². The molecular weight excluding hydrogens is 266 g/mol. The fourth-order valence-electron chi connectivity index (χ4n) is 2.58. The monoisotopic (exact) mass is 281 g/mol. The molecule has 0 atom stereocenters.